The first-order chi connectivity index (χ1) is 9.47. The number of hydrogen-bond acceptors (Lipinski definition) is 2. The van der Waals surface area contributed by atoms with E-state index >= 15 is 0 Å². The Labute approximate surface area is 121 Å². The van der Waals surface area contributed by atoms with Crippen molar-refractivity contribution in [2.45, 2.75) is 52.1 Å². The van der Waals surface area contributed by atoms with Gasteiger partial charge in [-0.2, -0.15) is 0 Å². The minimum Gasteiger partial charge on any atom is -0.480 e. The predicted molar refractivity (Wildman–Crippen MR) is 80.8 cm³/mol. The maximum atomic E-state index is 11.0. The summed E-state index contributed by atoms with van der Waals surface area (Å²) in [5, 5.41) is 9.06. The first kappa shape index (κ1) is 15.0. The molecule has 0 aliphatic heterocycles. The molecule has 0 aromatic heterocycles. The second-order valence-electron chi connectivity index (χ2n) is 6.31. The van der Waals surface area contributed by atoms with Gasteiger partial charge in [0.05, 0.1) is 6.54 Å². The van der Waals surface area contributed by atoms with Crippen molar-refractivity contribution in [1.82, 2.24) is 4.90 Å². The second-order valence-corrected chi connectivity index (χ2v) is 6.31. The molecule has 0 amide bonds. The monoisotopic (exact) mass is 275 g/mol. The third-order valence-electron chi connectivity index (χ3n) is 3.94. The lowest BCUT2D eigenvalue weighted by Gasteiger charge is -2.28. The minimum atomic E-state index is -0.736. The van der Waals surface area contributed by atoms with Crippen LogP contribution in [-0.4, -0.2) is 28.6 Å². The van der Waals surface area contributed by atoms with Crippen molar-refractivity contribution < 1.29 is 9.90 Å². The maximum Gasteiger partial charge on any atom is 0.317 e. The van der Waals surface area contributed by atoms with Crippen molar-refractivity contribution in [3.63, 3.8) is 0 Å². The van der Waals surface area contributed by atoms with E-state index in [9.17, 15) is 4.79 Å². The van der Waals surface area contributed by atoms with Crippen LogP contribution in [0.2, 0.25) is 0 Å². The number of carboxylic acids is 1. The van der Waals surface area contributed by atoms with E-state index in [4.69, 9.17) is 5.11 Å². The van der Waals surface area contributed by atoms with Crippen molar-refractivity contribution in [1.29, 1.82) is 0 Å². The molecule has 1 aromatic rings. The molecule has 1 atom stereocenters. The van der Waals surface area contributed by atoms with E-state index < -0.39 is 5.97 Å². The van der Waals surface area contributed by atoms with E-state index in [-0.39, 0.29) is 12.6 Å². The van der Waals surface area contributed by atoms with Crippen LogP contribution in [0.1, 0.15) is 50.8 Å². The fraction of sp³-hybridized carbons (Fsp3) is 0.588. The molecule has 1 aromatic carbocycles. The molecule has 1 aliphatic rings. The molecule has 110 valence electrons. The third-order valence-corrected chi connectivity index (χ3v) is 3.94. The van der Waals surface area contributed by atoms with Gasteiger partial charge < -0.3 is 5.11 Å². The van der Waals surface area contributed by atoms with Crippen LogP contribution in [0.3, 0.4) is 0 Å². The highest BCUT2D eigenvalue weighted by molar-refractivity contribution is 5.69. The van der Waals surface area contributed by atoms with E-state index in [0.29, 0.717) is 12.0 Å². The summed E-state index contributed by atoms with van der Waals surface area (Å²) in [7, 11) is 0. The summed E-state index contributed by atoms with van der Waals surface area (Å²) in [6.45, 7) is 6.69. The highest BCUT2D eigenvalue weighted by Crippen LogP contribution is 2.34. The first-order valence-corrected chi connectivity index (χ1v) is 7.53. The van der Waals surface area contributed by atoms with Gasteiger partial charge in [0.2, 0.25) is 0 Å². The molecule has 1 saturated carbocycles. The predicted octanol–water partition coefficient (Wildman–Crippen LogP) is 3.50. The number of carboxylic acid groups (broad SMARTS) is 1. The van der Waals surface area contributed by atoms with Gasteiger partial charge in [-0.25, -0.2) is 0 Å². The molecule has 3 heteroatoms. The van der Waals surface area contributed by atoms with Crippen molar-refractivity contribution in [3.05, 3.63) is 35.4 Å². The van der Waals surface area contributed by atoms with Crippen LogP contribution in [-0.2, 0) is 11.2 Å². The first-order valence-electron chi connectivity index (χ1n) is 7.53. The van der Waals surface area contributed by atoms with Crippen LogP contribution >= 0.6 is 0 Å². The minimum absolute atomic E-state index is 0.138. The lowest BCUT2D eigenvalue weighted by Crippen LogP contribution is -2.34. The van der Waals surface area contributed by atoms with E-state index in [0.717, 1.165) is 19.3 Å². The number of aliphatic carboxylic acids is 1. The lowest BCUT2D eigenvalue weighted by molar-refractivity contribution is -0.139. The fourth-order valence-corrected chi connectivity index (χ4v) is 2.74. The Kier molecular flexibility index (Phi) is 4.81. The van der Waals surface area contributed by atoms with E-state index in [1.807, 2.05) is 0 Å². The standard InChI is InChI=1S/C17H25NO2/c1-12(2)10-14-4-6-15(7-5-14)13(3)18(11-17(19)20)16-8-9-16/h4-7,12-13,16H,8-11H2,1-3H3,(H,19,20). The van der Waals surface area contributed by atoms with Crippen LogP contribution in [0.4, 0.5) is 0 Å². The van der Waals surface area contributed by atoms with Crippen LogP contribution in [0.15, 0.2) is 24.3 Å². The Hall–Kier alpha value is -1.35. The average Bonchev–Trinajstić information content (AvgIpc) is 3.19. The summed E-state index contributed by atoms with van der Waals surface area (Å²) in [5.41, 5.74) is 2.57. The fourth-order valence-electron chi connectivity index (χ4n) is 2.74. The smallest absolute Gasteiger partial charge is 0.317 e. The number of benzene rings is 1. The van der Waals surface area contributed by atoms with E-state index in [2.05, 4.69) is 49.9 Å². The van der Waals surface area contributed by atoms with Crippen molar-refractivity contribution in [3.8, 4) is 0 Å². The van der Waals surface area contributed by atoms with Gasteiger partial charge in [-0.05, 0) is 43.2 Å². The van der Waals surface area contributed by atoms with Gasteiger partial charge in [0.1, 0.15) is 0 Å². The number of rotatable bonds is 7. The van der Waals surface area contributed by atoms with Crippen LogP contribution < -0.4 is 0 Å². The van der Waals surface area contributed by atoms with Crippen molar-refractivity contribution in [2.24, 2.45) is 5.92 Å². The van der Waals surface area contributed by atoms with Gasteiger partial charge in [0.25, 0.3) is 0 Å². The molecule has 1 fully saturated rings. The molecule has 20 heavy (non-hydrogen) atoms. The molecular formula is C17H25NO2. The molecule has 0 heterocycles. The quantitative estimate of drug-likeness (QED) is 0.828. The molecule has 0 spiro atoms. The van der Waals surface area contributed by atoms with Crippen molar-refractivity contribution >= 4 is 5.97 Å². The normalized spacial score (nSPS) is 16.6. The molecular weight excluding hydrogens is 250 g/mol. The van der Waals surface area contributed by atoms with Gasteiger partial charge in [0, 0.05) is 12.1 Å². The second kappa shape index (κ2) is 6.40. The average molecular weight is 275 g/mol. The summed E-state index contributed by atoms with van der Waals surface area (Å²) in [5.74, 6) is -0.0755. The molecule has 0 radical (unpaired) electrons. The zero-order valence-corrected chi connectivity index (χ0v) is 12.7. The molecule has 3 nitrogen and oxygen atoms in total. The Morgan fingerprint density at radius 1 is 1.25 bits per heavy atom. The number of carbonyl (C=O) groups is 1. The third kappa shape index (κ3) is 4.07. The Morgan fingerprint density at radius 3 is 2.30 bits per heavy atom. The summed E-state index contributed by atoms with van der Waals surface area (Å²) < 4.78 is 0. The van der Waals surface area contributed by atoms with Crippen molar-refractivity contribution in [2.75, 3.05) is 6.54 Å². The van der Waals surface area contributed by atoms with Gasteiger partial charge >= 0.3 is 5.97 Å². The van der Waals surface area contributed by atoms with Crippen LogP contribution in [0.5, 0.6) is 0 Å². The SMILES string of the molecule is CC(C)Cc1ccc(C(C)N(CC(=O)O)C2CC2)cc1. The van der Waals surface area contributed by atoms with Crippen LogP contribution in [0, 0.1) is 5.92 Å². The summed E-state index contributed by atoms with van der Waals surface area (Å²) >= 11 is 0. The lowest BCUT2D eigenvalue weighted by atomic mass is 9.99. The molecule has 1 aliphatic carbocycles. The summed E-state index contributed by atoms with van der Waals surface area (Å²) in [6.07, 6.45) is 3.35. The number of nitrogens with zero attached hydrogens (tertiary/aromatic N) is 1. The zero-order valence-electron chi connectivity index (χ0n) is 12.7. The molecule has 1 N–H and O–H groups in total. The Bertz CT molecular complexity index is 449. The van der Waals surface area contributed by atoms with Gasteiger partial charge in [-0.3, -0.25) is 9.69 Å². The maximum absolute atomic E-state index is 11.0. The van der Waals surface area contributed by atoms with E-state index in [1.54, 1.807) is 0 Å². The Balaban J connectivity index is 2.06. The Morgan fingerprint density at radius 2 is 1.85 bits per heavy atom. The molecule has 2 rings (SSSR count). The molecule has 1 unspecified atom stereocenters. The highest BCUT2D eigenvalue weighted by atomic mass is 16.4. The molecule has 0 bridgehead atoms. The van der Waals surface area contributed by atoms with Gasteiger partial charge in [0.15, 0.2) is 0 Å². The summed E-state index contributed by atoms with van der Waals surface area (Å²) in [4.78, 5) is 13.1. The highest BCUT2D eigenvalue weighted by Gasteiger charge is 2.33. The zero-order chi connectivity index (χ0) is 14.7. The van der Waals surface area contributed by atoms with E-state index in [1.165, 1.54) is 11.1 Å². The largest absolute Gasteiger partial charge is 0.480 e. The number of hydrogen-bond donors (Lipinski definition) is 1. The summed E-state index contributed by atoms with van der Waals surface area (Å²) in [6, 6.07) is 9.29. The van der Waals surface area contributed by atoms with Crippen LogP contribution in [0.25, 0.3) is 0 Å². The molecule has 0 saturated heterocycles. The topological polar surface area (TPSA) is 40.5 Å². The van der Waals surface area contributed by atoms with Gasteiger partial charge in [-0.15, -0.1) is 0 Å². The van der Waals surface area contributed by atoms with Gasteiger partial charge in [-0.1, -0.05) is 38.1 Å².